The van der Waals surface area contributed by atoms with Crippen molar-refractivity contribution in [1.82, 2.24) is 0 Å². The van der Waals surface area contributed by atoms with E-state index in [0.717, 1.165) is 12.0 Å². The zero-order chi connectivity index (χ0) is 19.3. The number of carbonyl (C=O) groups excluding carboxylic acids is 3. The number of hydrogen-bond donors (Lipinski definition) is 0. The third-order valence-electron chi connectivity index (χ3n) is 3.77. The van der Waals surface area contributed by atoms with E-state index in [9.17, 15) is 14.4 Å². The molecule has 0 saturated heterocycles. The minimum Gasteiger partial charge on any atom is -0.300 e. The number of aryl methyl sites for hydroxylation is 1. The monoisotopic (exact) mass is 334 g/mol. The highest BCUT2D eigenvalue weighted by Gasteiger charge is 2.07. The summed E-state index contributed by atoms with van der Waals surface area (Å²) in [6.45, 7) is 14.7. The van der Waals surface area contributed by atoms with Gasteiger partial charge in [0.25, 0.3) is 0 Å². The fraction of sp³-hybridized carbons (Fsp3) is 0.571. The molecule has 1 unspecified atom stereocenters. The maximum atomic E-state index is 11.2. The fourth-order valence-electron chi connectivity index (χ4n) is 2.12. The first-order chi connectivity index (χ1) is 11.2. The van der Waals surface area contributed by atoms with Crippen LogP contribution in [0.1, 0.15) is 82.8 Å². The number of Topliss-reactive ketones (excluding diaryl/α,β-unsaturated/α-hetero) is 3. The summed E-state index contributed by atoms with van der Waals surface area (Å²) < 4.78 is 0. The van der Waals surface area contributed by atoms with Crippen molar-refractivity contribution >= 4 is 17.3 Å². The predicted octanol–water partition coefficient (Wildman–Crippen LogP) is 5.37. The highest BCUT2D eigenvalue weighted by atomic mass is 16.1. The summed E-state index contributed by atoms with van der Waals surface area (Å²) in [6.07, 6.45) is 2.16. The lowest BCUT2D eigenvalue weighted by Crippen LogP contribution is -2.07. The first-order valence-corrected chi connectivity index (χ1v) is 8.79. The Morgan fingerprint density at radius 2 is 1.58 bits per heavy atom. The Bertz CT molecular complexity index is 530. The Kier molecular flexibility index (Phi) is 13.9. The maximum Gasteiger partial charge on any atom is 0.160 e. The van der Waals surface area contributed by atoms with Crippen LogP contribution in [0.25, 0.3) is 0 Å². The molecule has 136 valence electrons. The van der Waals surface area contributed by atoms with Crippen molar-refractivity contribution in [2.24, 2.45) is 5.92 Å². The van der Waals surface area contributed by atoms with E-state index in [1.807, 2.05) is 45.9 Å². The Labute approximate surface area is 147 Å². The molecule has 0 spiro atoms. The first-order valence-electron chi connectivity index (χ1n) is 8.79. The summed E-state index contributed by atoms with van der Waals surface area (Å²) in [7, 11) is 0. The second-order valence-electron chi connectivity index (χ2n) is 5.76. The van der Waals surface area contributed by atoms with Gasteiger partial charge in [-0.3, -0.25) is 9.59 Å². The van der Waals surface area contributed by atoms with E-state index in [2.05, 4.69) is 6.92 Å². The predicted molar refractivity (Wildman–Crippen MR) is 102 cm³/mol. The summed E-state index contributed by atoms with van der Waals surface area (Å²) in [5.41, 5.74) is 3.27. The van der Waals surface area contributed by atoms with Gasteiger partial charge in [0.2, 0.25) is 0 Å². The Hall–Kier alpha value is -1.77. The number of carbonyl (C=O) groups is 3. The standard InChI is InChI=1S/C11H14O.C8H14O2.C2H6/c1-4-10-8(2)6-5-7-11(10)9(3)12;1-6(8(3)10)4-5-7(2)9;1-2/h5-7H,4H2,1-3H3;6H,4-5H2,1-3H3;1-2H3. The molecular weight excluding hydrogens is 300 g/mol. The summed E-state index contributed by atoms with van der Waals surface area (Å²) in [4.78, 5) is 32.3. The van der Waals surface area contributed by atoms with Gasteiger partial charge in [0.05, 0.1) is 0 Å². The molecule has 0 amide bonds. The van der Waals surface area contributed by atoms with Crippen LogP contribution in [0.3, 0.4) is 0 Å². The minimum atomic E-state index is 0.0453. The van der Waals surface area contributed by atoms with E-state index in [1.54, 1.807) is 20.8 Å². The highest BCUT2D eigenvalue weighted by molar-refractivity contribution is 5.95. The molecule has 24 heavy (non-hydrogen) atoms. The zero-order valence-electron chi connectivity index (χ0n) is 16.7. The lowest BCUT2D eigenvalue weighted by molar-refractivity contribution is -0.121. The van der Waals surface area contributed by atoms with Gasteiger partial charge in [0.15, 0.2) is 5.78 Å². The molecule has 0 heterocycles. The van der Waals surface area contributed by atoms with Crippen LogP contribution in [0.15, 0.2) is 18.2 Å². The fourth-order valence-corrected chi connectivity index (χ4v) is 2.12. The molecule has 0 aliphatic rings. The quantitative estimate of drug-likeness (QED) is 0.657. The average Bonchev–Trinajstić information content (AvgIpc) is 2.54. The van der Waals surface area contributed by atoms with Crippen LogP contribution in [0.4, 0.5) is 0 Å². The largest absolute Gasteiger partial charge is 0.300 e. The molecule has 1 atom stereocenters. The van der Waals surface area contributed by atoms with Crippen molar-refractivity contribution in [3.63, 3.8) is 0 Å². The summed E-state index contributed by atoms with van der Waals surface area (Å²) >= 11 is 0. The van der Waals surface area contributed by atoms with Crippen molar-refractivity contribution in [3.8, 4) is 0 Å². The van der Waals surface area contributed by atoms with E-state index in [1.165, 1.54) is 11.1 Å². The molecule has 0 bridgehead atoms. The van der Waals surface area contributed by atoms with Gasteiger partial charge in [-0.1, -0.05) is 45.9 Å². The Morgan fingerprint density at radius 1 is 1.04 bits per heavy atom. The van der Waals surface area contributed by atoms with Crippen LogP contribution >= 0.6 is 0 Å². The molecule has 0 aliphatic carbocycles. The van der Waals surface area contributed by atoms with Crippen LogP contribution in [-0.4, -0.2) is 17.3 Å². The van der Waals surface area contributed by atoms with Crippen LogP contribution in [0.2, 0.25) is 0 Å². The molecule has 3 nitrogen and oxygen atoms in total. The Morgan fingerprint density at radius 3 is 1.92 bits per heavy atom. The lowest BCUT2D eigenvalue weighted by atomic mass is 9.98. The second-order valence-corrected chi connectivity index (χ2v) is 5.76. The third kappa shape index (κ3) is 10.1. The summed E-state index contributed by atoms with van der Waals surface area (Å²) in [5, 5.41) is 0. The number of ketones is 3. The smallest absolute Gasteiger partial charge is 0.160 e. The third-order valence-corrected chi connectivity index (χ3v) is 3.77. The molecule has 0 fully saturated rings. The van der Waals surface area contributed by atoms with Crippen molar-refractivity contribution in [1.29, 1.82) is 0 Å². The van der Waals surface area contributed by atoms with Crippen molar-refractivity contribution in [2.75, 3.05) is 0 Å². The molecule has 3 heteroatoms. The molecule has 0 saturated carbocycles. The Balaban J connectivity index is 0. The van der Waals surface area contributed by atoms with Gasteiger partial charge in [-0.15, -0.1) is 0 Å². The maximum absolute atomic E-state index is 11.2. The molecule has 1 aromatic carbocycles. The minimum absolute atomic E-state index is 0.0453. The van der Waals surface area contributed by atoms with Crippen LogP contribution in [-0.2, 0) is 16.0 Å². The van der Waals surface area contributed by atoms with Crippen molar-refractivity contribution in [3.05, 3.63) is 34.9 Å². The zero-order valence-corrected chi connectivity index (χ0v) is 16.7. The van der Waals surface area contributed by atoms with E-state index >= 15 is 0 Å². The van der Waals surface area contributed by atoms with E-state index < -0.39 is 0 Å². The number of hydrogen-bond acceptors (Lipinski definition) is 3. The molecule has 0 N–H and O–H groups in total. The van der Waals surface area contributed by atoms with Crippen LogP contribution in [0.5, 0.6) is 0 Å². The number of benzene rings is 1. The van der Waals surface area contributed by atoms with Crippen LogP contribution < -0.4 is 0 Å². The lowest BCUT2D eigenvalue weighted by Gasteiger charge is -2.06. The topological polar surface area (TPSA) is 51.2 Å². The molecule has 1 rings (SSSR count). The van der Waals surface area contributed by atoms with Gasteiger partial charge in [0.1, 0.15) is 11.6 Å². The van der Waals surface area contributed by atoms with Crippen molar-refractivity contribution < 1.29 is 14.4 Å². The average molecular weight is 335 g/mol. The van der Waals surface area contributed by atoms with E-state index in [0.29, 0.717) is 12.8 Å². The van der Waals surface area contributed by atoms with Gasteiger partial charge in [-0.25, -0.2) is 0 Å². The van der Waals surface area contributed by atoms with Gasteiger partial charge in [0, 0.05) is 17.9 Å². The van der Waals surface area contributed by atoms with Crippen LogP contribution in [0, 0.1) is 12.8 Å². The SMILES string of the molecule is CC.CC(=O)CCC(C)C(C)=O.CCc1c(C)cccc1C(C)=O. The normalized spacial score (nSPS) is 10.5. The molecule has 0 aromatic heterocycles. The molecular formula is C21H34O3. The van der Waals surface area contributed by atoms with Gasteiger partial charge in [-0.05, 0) is 51.7 Å². The van der Waals surface area contributed by atoms with Gasteiger partial charge < -0.3 is 4.79 Å². The molecule has 0 aliphatic heterocycles. The van der Waals surface area contributed by atoms with Gasteiger partial charge in [-0.2, -0.15) is 0 Å². The summed E-state index contributed by atoms with van der Waals surface area (Å²) in [5.74, 6) is 0.536. The summed E-state index contributed by atoms with van der Waals surface area (Å²) in [6, 6.07) is 5.88. The van der Waals surface area contributed by atoms with Gasteiger partial charge >= 0.3 is 0 Å². The second kappa shape index (κ2) is 13.6. The highest BCUT2D eigenvalue weighted by Crippen LogP contribution is 2.15. The number of rotatable bonds is 6. The van der Waals surface area contributed by atoms with E-state index in [-0.39, 0.29) is 23.3 Å². The molecule has 0 radical (unpaired) electrons. The van der Waals surface area contributed by atoms with E-state index in [4.69, 9.17) is 0 Å². The molecule has 1 aromatic rings. The van der Waals surface area contributed by atoms with Crippen molar-refractivity contribution in [2.45, 2.75) is 74.7 Å². The first kappa shape index (κ1) is 24.5.